The van der Waals surface area contributed by atoms with Gasteiger partial charge in [0.1, 0.15) is 6.04 Å². The fraction of sp³-hybridized carbons (Fsp3) is 0.350. The molecule has 1 N–H and O–H groups in total. The van der Waals surface area contributed by atoms with E-state index in [1.165, 1.54) is 6.07 Å². The van der Waals surface area contributed by atoms with Crippen molar-refractivity contribution in [1.82, 2.24) is 4.90 Å². The van der Waals surface area contributed by atoms with E-state index in [1.807, 2.05) is 0 Å². The van der Waals surface area contributed by atoms with E-state index < -0.39 is 29.8 Å². The predicted molar refractivity (Wildman–Crippen MR) is 93.2 cm³/mol. The highest BCUT2D eigenvalue weighted by molar-refractivity contribution is 5.74. The molecular formula is C20H18F3NO4. The first-order chi connectivity index (χ1) is 13.3. The molecule has 28 heavy (non-hydrogen) atoms. The Bertz CT molecular complexity index is 899. The molecular weight excluding hydrogens is 375 g/mol. The Kier molecular flexibility index (Phi) is 4.66. The molecule has 2 aromatic carbocycles. The third kappa shape index (κ3) is 3.40. The summed E-state index contributed by atoms with van der Waals surface area (Å²) < 4.78 is 50.5. The van der Waals surface area contributed by atoms with Gasteiger partial charge in [0.05, 0.1) is 11.6 Å². The Labute approximate surface area is 159 Å². The van der Waals surface area contributed by atoms with Crippen molar-refractivity contribution >= 4 is 5.97 Å². The molecule has 2 heterocycles. The Morgan fingerprint density at radius 2 is 1.86 bits per heavy atom. The molecule has 2 atom stereocenters. The molecule has 0 aliphatic carbocycles. The minimum absolute atomic E-state index is 0.0779. The number of carboxylic acid groups (broad SMARTS) is 1. The average Bonchev–Trinajstić information content (AvgIpc) is 3.30. The molecule has 148 valence electrons. The fourth-order valence-electron chi connectivity index (χ4n) is 3.91. The number of hydrogen-bond acceptors (Lipinski definition) is 4. The first kappa shape index (κ1) is 18.6. The normalized spacial score (nSPS) is 20.3. The van der Waals surface area contributed by atoms with Gasteiger partial charge in [-0.25, -0.2) is 0 Å². The lowest BCUT2D eigenvalue weighted by atomic mass is 9.94. The summed E-state index contributed by atoms with van der Waals surface area (Å²) >= 11 is 0. The Balaban J connectivity index is 1.81. The molecule has 5 nitrogen and oxygen atoms in total. The summed E-state index contributed by atoms with van der Waals surface area (Å²) in [6.45, 7) is 0.556. The standard InChI is InChI=1S/C20H18F3NO4/c21-20(22,23)14-4-1-3-12(9-14)18(24-8-2-5-15(24)19(25)26)13-6-7-16-17(10-13)28-11-27-16/h1,3-4,6-7,9-10,15,18H,2,5,8,11H2,(H,25,26). The van der Waals surface area contributed by atoms with Gasteiger partial charge < -0.3 is 14.6 Å². The first-order valence-corrected chi connectivity index (χ1v) is 8.90. The van der Waals surface area contributed by atoms with Crippen molar-refractivity contribution in [1.29, 1.82) is 0 Å². The summed E-state index contributed by atoms with van der Waals surface area (Å²) in [7, 11) is 0. The Morgan fingerprint density at radius 3 is 2.61 bits per heavy atom. The second-order valence-corrected chi connectivity index (χ2v) is 6.87. The minimum Gasteiger partial charge on any atom is -0.480 e. The number of aliphatic carboxylic acids is 1. The first-order valence-electron chi connectivity index (χ1n) is 8.90. The van der Waals surface area contributed by atoms with Gasteiger partial charge in [0.2, 0.25) is 6.79 Å². The van der Waals surface area contributed by atoms with Crippen molar-refractivity contribution in [3.05, 3.63) is 59.2 Å². The molecule has 0 radical (unpaired) electrons. The van der Waals surface area contributed by atoms with Crippen LogP contribution in [0.2, 0.25) is 0 Å². The topological polar surface area (TPSA) is 59.0 Å². The van der Waals surface area contributed by atoms with Crippen molar-refractivity contribution < 1.29 is 32.5 Å². The van der Waals surface area contributed by atoms with Gasteiger partial charge in [-0.05, 0) is 48.2 Å². The van der Waals surface area contributed by atoms with Gasteiger partial charge in [-0.2, -0.15) is 13.2 Å². The minimum atomic E-state index is -4.48. The average molecular weight is 393 g/mol. The maximum absolute atomic E-state index is 13.3. The summed E-state index contributed by atoms with van der Waals surface area (Å²) in [6.07, 6.45) is -3.36. The number of rotatable bonds is 4. The van der Waals surface area contributed by atoms with E-state index in [9.17, 15) is 23.1 Å². The van der Waals surface area contributed by atoms with Crippen LogP contribution in [0.3, 0.4) is 0 Å². The lowest BCUT2D eigenvalue weighted by molar-refractivity contribution is -0.143. The molecule has 1 fully saturated rings. The lowest BCUT2D eigenvalue weighted by Crippen LogP contribution is -2.39. The number of nitrogens with zero attached hydrogens (tertiary/aromatic N) is 1. The van der Waals surface area contributed by atoms with Crippen molar-refractivity contribution in [3.63, 3.8) is 0 Å². The van der Waals surface area contributed by atoms with E-state index in [4.69, 9.17) is 9.47 Å². The van der Waals surface area contributed by atoms with Gasteiger partial charge in [-0.3, -0.25) is 9.69 Å². The number of carbonyl (C=O) groups is 1. The molecule has 0 aromatic heterocycles. The lowest BCUT2D eigenvalue weighted by Gasteiger charge is -2.32. The second kappa shape index (κ2) is 7.01. The third-order valence-electron chi connectivity index (χ3n) is 5.15. The highest BCUT2D eigenvalue weighted by atomic mass is 19.4. The van der Waals surface area contributed by atoms with Crippen LogP contribution in [-0.4, -0.2) is 35.4 Å². The summed E-state index contributed by atoms with van der Waals surface area (Å²) in [6, 6.07) is 8.81. The highest BCUT2D eigenvalue weighted by Gasteiger charge is 2.38. The monoisotopic (exact) mass is 393 g/mol. The van der Waals surface area contributed by atoms with Crippen LogP contribution in [-0.2, 0) is 11.0 Å². The van der Waals surface area contributed by atoms with Crippen LogP contribution in [0.1, 0.15) is 35.6 Å². The molecule has 4 rings (SSSR count). The SMILES string of the molecule is O=C(O)C1CCCN1C(c1cccc(C(F)(F)F)c1)c1ccc2c(c1)OCO2. The molecule has 8 heteroatoms. The van der Waals surface area contributed by atoms with Gasteiger partial charge in [-0.15, -0.1) is 0 Å². The summed E-state index contributed by atoms with van der Waals surface area (Å²) in [5, 5.41) is 9.60. The van der Waals surface area contributed by atoms with E-state index in [0.29, 0.717) is 42.0 Å². The van der Waals surface area contributed by atoms with E-state index in [0.717, 1.165) is 12.1 Å². The van der Waals surface area contributed by atoms with Crippen LogP contribution in [0.25, 0.3) is 0 Å². The molecule has 0 saturated carbocycles. The van der Waals surface area contributed by atoms with E-state index in [1.54, 1.807) is 29.2 Å². The quantitative estimate of drug-likeness (QED) is 0.849. The molecule has 2 unspecified atom stereocenters. The number of fused-ring (bicyclic) bond motifs is 1. The van der Waals surface area contributed by atoms with Crippen LogP contribution in [0, 0.1) is 0 Å². The molecule has 0 bridgehead atoms. The maximum Gasteiger partial charge on any atom is 0.416 e. The molecule has 2 aliphatic rings. The molecule has 2 aliphatic heterocycles. The van der Waals surface area contributed by atoms with Gasteiger partial charge >= 0.3 is 12.1 Å². The van der Waals surface area contributed by atoms with Gasteiger partial charge in [-0.1, -0.05) is 18.2 Å². The van der Waals surface area contributed by atoms with E-state index in [2.05, 4.69) is 0 Å². The van der Waals surface area contributed by atoms with E-state index >= 15 is 0 Å². The van der Waals surface area contributed by atoms with Gasteiger partial charge in [0.25, 0.3) is 0 Å². The highest BCUT2D eigenvalue weighted by Crippen LogP contribution is 2.41. The number of carboxylic acids is 1. The van der Waals surface area contributed by atoms with Crippen molar-refractivity contribution in [2.45, 2.75) is 31.1 Å². The number of alkyl halides is 3. The predicted octanol–water partition coefficient (Wildman–Crippen LogP) is 4.07. The smallest absolute Gasteiger partial charge is 0.416 e. The molecule has 2 aromatic rings. The van der Waals surface area contributed by atoms with Crippen LogP contribution < -0.4 is 9.47 Å². The number of hydrogen-bond donors (Lipinski definition) is 1. The van der Waals surface area contributed by atoms with Crippen LogP contribution in [0.4, 0.5) is 13.2 Å². The second-order valence-electron chi connectivity index (χ2n) is 6.87. The molecule has 1 saturated heterocycles. The van der Waals surface area contributed by atoms with Crippen LogP contribution in [0.5, 0.6) is 11.5 Å². The zero-order valence-corrected chi connectivity index (χ0v) is 14.8. The van der Waals surface area contributed by atoms with Crippen LogP contribution in [0.15, 0.2) is 42.5 Å². The molecule has 0 amide bonds. The maximum atomic E-state index is 13.3. The number of ether oxygens (including phenoxy) is 2. The fourth-order valence-corrected chi connectivity index (χ4v) is 3.91. The zero-order chi connectivity index (χ0) is 19.9. The molecule has 0 spiro atoms. The summed E-state index contributed by atoms with van der Waals surface area (Å²) in [4.78, 5) is 13.5. The van der Waals surface area contributed by atoms with Crippen LogP contribution >= 0.6 is 0 Å². The Hall–Kier alpha value is -2.74. The van der Waals surface area contributed by atoms with Crippen molar-refractivity contribution in [3.8, 4) is 11.5 Å². The number of halogens is 3. The zero-order valence-electron chi connectivity index (χ0n) is 14.8. The summed E-state index contributed by atoms with van der Waals surface area (Å²) in [5.74, 6) is 0.0820. The number of benzene rings is 2. The van der Waals surface area contributed by atoms with Gasteiger partial charge in [0, 0.05) is 6.54 Å². The largest absolute Gasteiger partial charge is 0.480 e. The summed E-state index contributed by atoms with van der Waals surface area (Å²) in [5.41, 5.74) is 0.292. The van der Waals surface area contributed by atoms with E-state index in [-0.39, 0.29) is 6.79 Å². The van der Waals surface area contributed by atoms with Crippen molar-refractivity contribution in [2.75, 3.05) is 13.3 Å². The Morgan fingerprint density at radius 1 is 1.11 bits per heavy atom. The third-order valence-corrected chi connectivity index (χ3v) is 5.15. The number of likely N-dealkylation sites (tertiary alicyclic amines) is 1. The van der Waals surface area contributed by atoms with Gasteiger partial charge in [0.15, 0.2) is 11.5 Å². The van der Waals surface area contributed by atoms with Crippen molar-refractivity contribution in [2.24, 2.45) is 0 Å².